The van der Waals surface area contributed by atoms with Gasteiger partial charge in [-0.15, -0.1) is 0 Å². The fourth-order valence-corrected chi connectivity index (χ4v) is 3.71. The summed E-state index contributed by atoms with van der Waals surface area (Å²) in [5.74, 6) is -2.40. The molecule has 0 aliphatic heterocycles. The van der Waals surface area contributed by atoms with Gasteiger partial charge in [0.2, 0.25) is 17.8 Å². The third-order valence-corrected chi connectivity index (χ3v) is 5.56. The molecule has 0 radical (unpaired) electrons. The fourth-order valence-electron chi connectivity index (χ4n) is 3.20. The molecule has 8 heteroatoms. The lowest BCUT2D eigenvalue weighted by atomic mass is 9.84. The summed E-state index contributed by atoms with van der Waals surface area (Å²) in [4.78, 5) is 16.4. The standard InChI is InChI=1S/C23H16BrF3N4/c1-23(2,17-7-3-5-15(28-17)13-9-11-19(25)30-21(13)24)18-8-4-6-16(29-18)14-10-12-20(26)31-22(14)27/h3-12H,1-2H3. The van der Waals surface area contributed by atoms with Crippen LogP contribution < -0.4 is 0 Å². The molecule has 0 aliphatic carbocycles. The number of halogens is 4. The molecule has 0 bridgehead atoms. The molecule has 0 spiro atoms. The number of pyridine rings is 4. The van der Waals surface area contributed by atoms with Crippen LogP contribution in [0.3, 0.4) is 0 Å². The van der Waals surface area contributed by atoms with Crippen LogP contribution in [-0.2, 0) is 5.41 Å². The molecule has 0 amide bonds. The molecule has 0 saturated carbocycles. The molecule has 0 aromatic carbocycles. The lowest BCUT2D eigenvalue weighted by molar-refractivity contribution is 0.514. The van der Waals surface area contributed by atoms with Gasteiger partial charge in [0, 0.05) is 11.0 Å². The van der Waals surface area contributed by atoms with Gasteiger partial charge in [-0.25, -0.2) is 4.98 Å². The Morgan fingerprint density at radius 3 is 1.71 bits per heavy atom. The van der Waals surface area contributed by atoms with Crippen molar-refractivity contribution in [3.05, 3.63) is 94.5 Å². The normalized spacial score (nSPS) is 11.5. The molecule has 156 valence electrons. The number of hydrogen-bond donors (Lipinski definition) is 0. The summed E-state index contributed by atoms with van der Waals surface area (Å²) < 4.78 is 41.0. The average molecular weight is 485 g/mol. The van der Waals surface area contributed by atoms with Gasteiger partial charge in [-0.05, 0) is 78.3 Å². The quantitative estimate of drug-likeness (QED) is 0.328. The Labute approximate surface area is 185 Å². The molecular weight excluding hydrogens is 469 g/mol. The van der Waals surface area contributed by atoms with E-state index in [0.29, 0.717) is 32.9 Å². The largest absolute Gasteiger partial charge is 0.252 e. The van der Waals surface area contributed by atoms with E-state index in [1.807, 2.05) is 38.1 Å². The third kappa shape index (κ3) is 4.20. The summed E-state index contributed by atoms with van der Waals surface area (Å²) in [6.07, 6.45) is 0. The second-order valence-electron chi connectivity index (χ2n) is 7.39. The van der Waals surface area contributed by atoms with Crippen molar-refractivity contribution in [2.75, 3.05) is 0 Å². The van der Waals surface area contributed by atoms with E-state index in [4.69, 9.17) is 4.98 Å². The second kappa shape index (κ2) is 8.19. The highest BCUT2D eigenvalue weighted by atomic mass is 79.9. The van der Waals surface area contributed by atoms with E-state index in [9.17, 15) is 13.2 Å². The third-order valence-electron chi connectivity index (χ3n) is 4.96. The molecule has 0 N–H and O–H groups in total. The van der Waals surface area contributed by atoms with Gasteiger partial charge < -0.3 is 0 Å². The maximum Gasteiger partial charge on any atom is 0.224 e. The first-order valence-electron chi connectivity index (χ1n) is 9.35. The smallest absolute Gasteiger partial charge is 0.224 e. The Balaban J connectivity index is 1.75. The van der Waals surface area contributed by atoms with Crippen LogP contribution in [0, 0.1) is 17.8 Å². The van der Waals surface area contributed by atoms with E-state index in [0.717, 1.165) is 6.07 Å². The average Bonchev–Trinajstić information content (AvgIpc) is 2.74. The predicted molar refractivity (Wildman–Crippen MR) is 115 cm³/mol. The zero-order valence-corrected chi connectivity index (χ0v) is 18.2. The predicted octanol–water partition coefficient (Wildman–Crippen LogP) is 6.11. The van der Waals surface area contributed by atoms with Gasteiger partial charge in [0.25, 0.3) is 0 Å². The van der Waals surface area contributed by atoms with Gasteiger partial charge in [0.15, 0.2) is 0 Å². The molecular formula is C23H16BrF3N4. The highest BCUT2D eigenvalue weighted by Crippen LogP contribution is 2.33. The highest BCUT2D eigenvalue weighted by molar-refractivity contribution is 9.10. The molecule has 0 fully saturated rings. The molecule has 0 aliphatic rings. The Hall–Kier alpha value is -3.13. The topological polar surface area (TPSA) is 51.6 Å². The van der Waals surface area contributed by atoms with Crippen LogP contribution in [0.5, 0.6) is 0 Å². The Kier molecular flexibility index (Phi) is 5.58. The SMILES string of the molecule is CC(C)(c1cccc(-c2ccc(F)nc2F)n1)c1cccc(-c2ccc(F)nc2Br)n1. The zero-order chi connectivity index (χ0) is 22.2. The minimum atomic E-state index is -0.920. The lowest BCUT2D eigenvalue weighted by Gasteiger charge is -2.25. The molecule has 4 heterocycles. The number of nitrogens with zero attached hydrogens (tertiary/aromatic N) is 4. The van der Waals surface area contributed by atoms with Crippen LogP contribution in [0.2, 0.25) is 0 Å². The molecule has 0 atom stereocenters. The van der Waals surface area contributed by atoms with E-state index < -0.39 is 23.3 Å². The van der Waals surface area contributed by atoms with Crippen molar-refractivity contribution in [2.45, 2.75) is 19.3 Å². The zero-order valence-electron chi connectivity index (χ0n) is 16.6. The van der Waals surface area contributed by atoms with Gasteiger partial charge in [0.1, 0.15) is 4.60 Å². The van der Waals surface area contributed by atoms with Crippen molar-refractivity contribution in [3.8, 4) is 22.5 Å². The maximum atomic E-state index is 14.2. The first-order chi connectivity index (χ1) is 14.8. The van der Waals surface area contributed by atoms with Crippen LogP contribution in [0.1, 0.15) is 25.2 Å². The Morgan fingerprint density at radius 2 is 1.16 bits per heavy atom. The van der Waals surface area contributed by atoms with Crippen molar-refractivity contribution in [1.82, 2.24) is 19.9 Å². The van der Waals surface area contributed by atoms with Gasteiger partial charge in [-0.3, -0.25) is 9.97 Å². The van der Waals surface area contributed by atoms with E-state index in [-0.39, 0.29) is 5.56 Å². The van der Waals surface area contributed by atoms with E-state index >= 15 is 0 Å². The second-order valence-corrected chi connectivity index (χ2v) is 8.14. The molecule has 31 heavy (non-hydrogen) atoms. The van der Waals surface area contributed by atoms with Crippen molar-refractivity contribution in [3.63, 3.8) is 0 Å². The summed E-state index contributed by atoms with van der Waals surface area (Å²) in [5, 5.41) is 0. The first-order valence-corrected chi connectivity index (χ1v) is 10.1. The molecule has 4 aromatic heterocycles. The molecule has 0 unspecified atom stereocenters. The van der Waals surface area contributed by atoms with Crippen LogP contribution in [0.25, 0.3) is 22.5 Å². The van der Waals surface area contributed by atoms with Crippen LogP contribution in [0.15, 0.2) is 65.3 Å². The van der Waals surface area contributed by atoms with Gasteiger partial charge >= 0.3 is 0 Å². The van der Waals surface area contributed by atoms with Crippen molar-refractivity contribution < 1.29 is 13.2 Å². The summed E-state index contributed by atoms with van der Waals surface area (Å²) in [6.45, 7) is 3.89. The molecule has 4 aromatic rings. The highest BCUT2D eigenvalue weighted by Gasteiger charge is 2.27. The summed E-state index contributed by atoms with van der Waals surface area (Å²) in [7, 11) is 0. The maximum absolute atomic E-state index is 14.2. The van der Waals surface area contributed by atoms with Crippen LogP contribution in [-0.4, -0.2) is 19.9 Å². The van der Waals surface area contributed by atoms with Crippen LogP contribution in [0.4, 0.5) is 13.2 Å². The summed E-state index contributed by atoms with van der Waals surface area (Å²) >= 11 is 3.28. The number of aromatic nitrogens is 4. The van der Waals surface area contributed by atoms with Gasteiger partial charge in [0.05, 0.1) is 28.3 Å². The summed E-state index contributed by atoms with van der Waals surface area (Å²) in [5.41, 5.74) is 2.45. The molecule has 4 nitrogen and oxygen atoms in total. The number of rotatable bonds is 4. The Bertz CT molecular complexity index is 1180. The monoisotopic (exact) mass is 484 g/mol. The van der Waals surface area contributed by atoms with E-state index in [1.165, 1.54) is 12.1 Å². The molecule has 0 saturated heterocycles. The van der Waals surface area contributed by atoms with Crippen LogP contribution >= 0.6 is 15.9 Å². The number of hydrogen-bond acceptors (Lipinski definition) is 4. The minimum absolute atomic E-state index is 0.113. The minimum Gasteiger partial charge on any atom is -0.252 e. The van der Waals surface area contributed by atoms with E-state index in [2.05, 4.69) is 30.9 Å². The van der Waals surface area contributed by atoms with Crippen molar-refractivity contribution in [2.24, 2.45) is 0 Å². The molecule has 4 rings (SSSR count). The van der Waals surface area contributed by atoms with E-state index in [1.54, 1.807) is 18.2 Å². The summed E-state index contributed by atoms with van der Waals surface area (Å²) in [6, 6.07) is 16.0. The Morgan fingerprint density at radius 1 is 0.645 bits per heavy atom. The van der Waals surface area contributed by atoms with Crippen molar-refractivity contribution in [1.29, 1.82) is 0 Å². The first kappa shape index (κ1) is 21.1. The lowest BCUT2D eigenvalue weighted by Crippen LogP contribution is -2.22. The fraction of sp³-hybridized carbons (Fsp3) is 0.130. The van der Waals surface area contributed by atoms with Gasteiger partial charge in [-0.1, -0.05) is 12.1 Å². The van der Waals surface area contributed by atoms with Gasteiger partial charge in [-0.2, -0.15) is 18.2 Å². The van der Waals surface area contributed by atoms with Crippen molar-refractivity contribution >= 4 is 15.9 Å².